The molecule has 1 aliphatic carbocycles. The molecule has 1 saturated heterocycles. The molecule has 6 rings (SSSR count). The van der Waals surface area contributed by atoms with Crippen molar-refractivity contribution in [1.82, 2.24) is 14.7 Å². The predicted molar refractivity (Wildman–Crippen MR) is 135 cm³/mol. The summed E-state index contributed by atoms with van der Waals surface area (Å²) in [7, 11) is 0. The highest BCUT2D eigenvalue weighted by molar-refractivity contribution is 5.97. The maximum Gasteiger partial charge on any atom is 0.257 e. The van der Waals surface area contributed by atoms with Gasteiger partial charge in [0, 0.05) is 45.8 Å². The second-order valence-electron chi connectivity index (χ2n) is 11.0. The molecule has 6 nitrogen and oxygen atoms in total. The SMILES string of the molecule is O=C1c2ccc(CN3CC4CCCC4C3)cc2OCCN1CC(O)CN1CCc2ccccc2C1. The van der Waals surface area contributed by atoms with Crippen molar-refractivity contribution in [3.8, 4) is 5.75 Å². The highest BCUT2D eigenvalue weighted by Crippen LogP contribution is 2.38. The molecule has 1 saturated carbocycles. The monoisotopic (exact) mass is 475 g/mol. The average Bonchev–Trinajstić information content (AvgIpc) is 3.41. The molecule has 0 radical (unpaired) electrons. The summed E-state index contributed by atoms with van der Waals surface area (Å²) in [6, 6.07) is 14.6. The Morgan fingerprint density at radius 3 is 2.60 bits per heavy atom. The minimum Gasteiger partial charge on any atom is -0.491 e. The number of hydrogen-bond donors (Lipinski definition) is 1. The number of rotatable bonds is 6. The fourth-order valence-corrected chi connectivity index (χ4v) is 6.71. The lowest BCUT2D eigenvalue weighted by molar-refractivity contribution is 0.0501. The third-order valence-electron chi connectivity index (χ3n) is 8.50. The van der Waals surface area contributed by atoms with E-state index in [9.17, 15) is 9.90 Å². The molecule has 3 atom stereocenters. The summed E-state index contributed by atoms with van der Waals surface area (Å²) in [6.07, 6.45) is 4.59. The molecule has 3 aliphatic heterocycles. The topological polar surface area (TPSA) is 56.3 Å². The van der Waals surface area contributed by atoms with Crippen molar-refractivity contribution >= 4 is 5.91 Å². The lowest BCUT2D eigenvalue weighted by Crippen LogP contribution is -2.44. The van der Waals surface area contributed by atoms with Crippen molar-refractivity contribution in [1.29, 1.82) is 0 Å². The van der Waals surface area contributed by atoms with Gasteiger partial charge in [-0.15, -0.1) is 0 Å². The van der Waals surface area contributed by atoms with Crippen LogP contribution in [0, 0.1) is 11.8 Å². The number of β-amino-alcohol motifs (C(OH)–C–C–N with tert-alkyl or cyclic N) is 1. The van der Waals surface area contributed by atoms with Crippen molar-refractivity contribution in [3.63, 3.8) is 0 Å². The summed E-state index contributed by atoms with van der Waals surface area (Å²) in [4.78, 5) is 19.9. The average molecular weight is 476 g/mol. The van der Waals surface area contributed by atoms with Gasteiger partial charge in [-0.3, -0.25) is 14.6 Å². The van der Waals surface area contributed by atoms with Gasteiger partial charge in [0.15, 0.2) is 0 Å². The smallest absolute Gasteiger partial charge is 0.257 e. The molecule has 2 aromatic carbocycles. The Labute approximate surface area is 208 Å². The number of carbonyl (C=O) groups is 1. The van der Waals surface area contributed by atoms with Gasteiger partial charge in [-0.25, -0.2) is 0 Å². The second-order valence-corrected chi connectivity index (χ2v) is 11.0. The van der Waals surface area contributed by atoms with Gasteiger partial charge in [-0.2, -0.15) is 0 Å². The Kier molecular flexibility index (Phi) is 6.52. The summed E-state index contributed by atoms with van der Waals surface area (Å²) in [5.74, 6) is 2.42. The molecular formula is C29H37N3O3. The zero-order chi connectivity index (χ0) is 23.8. The van der Waals surface area contributed by atoms with Gasteiger partial charge in [0.25, 0.3) is 5.91 Å². The van der Waals surface area contributed by atoms with E-state index in [1.165, 1.54) is 49.0 Å². The molecule has 3 heterocycles. The molecule has 0 aromatic heterocycles. The Hall–Kier alpha value is -2.41. The highest BCUT2D eigenvalue weighted by atomic mass is 16.5. The molecule has 0 spiro atoms. The number of aliphatic hydroxyl groups excluding tert-OH is 1. The quantitative estimate of drug-likeness (QED) is 0.696. The standard InChI is InChI=1S/C29H37N3O3/c33-26(19-30-11-10-22-4-1-2-5-23(22)16-30)20-32-12-13-35-28-14-21(8-9-27(28)29(32)34)15-31-17-24-6-3-7-25(24)18-31/h1-2,4-5,8-9,14,24-26,33H,3,6-7,10-13,15-20H2. The molecule has 0 bridgehead atoms. The molecule has 186 valence electrons. The van der Waals surface area contributed by atoms with Crippen molar-refractivity contribution in [2.45, 2.75) is 44.9 Å². The first-order valence-electron chi connectivity index (χ1n) is 13.4. The van der Waals surface area contributed by atoms with Crippen LogP contribution in [0.15, 0.2) is 42.5 Å². The number of hydrogen-bond acceptors (Lipinski definition) is 5. The first kappa shape index (κ1) is 23.0. The highest BCUT2D eigenvalue weighted by Gasteiger charge is 2.36. The number of ether oxygens (including phenoxy) is 1. The summed E-state index contributed by atoms with van der Waals surface area (Å²) < 4.78 is 6.03. The third kappa shape index (κ3) is 4.97. The van der Waals surface area contributed by atoms with Crippen LogP contribution >= 0.6 is 0 Å². The van der Waals surface area contributed by atoms with Crippen molar-refractivity contribution < 1.29 is 14.6 Å². The van der Waals surface area contributed by atoms with E-state index >= 15 is 0 Å². The molecule has 1 amide bonds. The summed E-state index contributed by atoms with van der Waals surface area (Å²) in [6.45, 7) is 6.99. The van der Waals surface area contributed by atoms with E-state index in [4.69, 9.17) is 4.74 Å². The van der Waals surface area contributed by atoms with E-state index < -0.39 is 6.10 Å². The van der Waals surface area contributed by atoms with Crippen LogP contribution in [-0.2, 0) is 19.5 Å². The number of amides is 1. The van der Waals surface area contributed by atoms with Gasteiger partial charge in [-0.1, -0.05) is 36.8 Å². The number of nitrogens with zero attached hydrogens (tertiary/aromatic N) is 3. The van der Waals surface area contributed by atoms with Crippen LogP contribution in [0.5, 0.6) is 5.75 Å². The van der Waals surface area contributed by atoms with Crippen molar-refractivity contribution in [3.05, 3.63) is 64.7 Å². The zero-order valence-corrected chi connectivity index (χ0v) is 20.6. The number of fused-ring (bicyclic) bond motifs is 3. The second kappa shape index (κ2) is 9.92. The minimum atomic E-state index is -0.584. The van der Waals surface area contributed by atoms with Crippen LogP contribution in [0.3, 0.4) is 0 Å². The van der Waals surface area contributed by atoms with E-state index in [2.05, 4.69) is 46.2 Å². The van der Waals surface area contributed by atoms with Gasteiger partial charge in [0.05, 0.1) is 18.2 Å². The van der Waals surface area contributed by atoms with E-state index in [1.54, 1.807) is 4.90 Å². The third-order valence-corrected chi connectivity index (χ3v) is 8.50. The first-order chi connectivity index (χ1) is 17.1. The fourth-order valence-electron chi connectivity index (χ4n) is 6.71. The van der Waals surface area contributed by atoms with Crippen LogP contribution in [-0.4, -0.2) is 77.7 Å². The van der Waals surface area contributed by atoms with Crippen molar-refractivity contribution in [2.24, 2.45) is 11.8 Å². The van der Waals surface area contributed by atoms with Crippen LogP contribution in [0.4, 0.5) is 0 Å². The van der Waals surface area contributed by atoms with Gasteiger partial charge in [0.2, 0.25) is 0 Å². The van der Waals surface area contributed by atoms with Crippen molar-refractivity contribution in [2.75, 3.05) is 45.9 Å². The summed E-state index contributed by atoms with van der Waals surface area (Å²) in [5, 5.41) is 10.8. The molecule has 3 unspecified atom stereocenters. The Morgan fingerprint density at radius 1 is 0.971 bits per heavy atom. The van der Waals surface area contributed by atoms with Crippen LogP contribution in [0.2, 0.25) is 0 Å². The number of likely N-dealkylation sites (tertiary alicyclic amines) is 1. The summed E-state index contributed by atoms with van der Waals surface area (Å²) in [5.41, 5.74) is 4.58. The van der Waals surface area contributed by atoms with Crippen LogP contribution < -0.4 is 4.74 Å². The number of benzene rings is 2. The number of aliphatic hydroxyl groups is 1. The minimum absolute atomic E-state index is 0.0391. The normalized spacial score (nSPS) is 25.5. The summed E-state index contributed by atoms with van der Waals surface area (Å²) >= 11 is 0. The molecule has 2 fully saturated rings. The zero-order valence-electron chi connectivity index (χ0n) is 20.6. The van der Waals surface area contributed by atoms with Gasteiger partial charge in [-0.05, 0) is 59.9 Å². The van der Waals surface area contributed by atoms with Gasteiger partial charge < -0.3 is 14.7 Å². The molecule has 4 aliphatic rings. The van der Waals surface area contributed by atoms with E-state index in [-0.39, 0.29) is 5.91 Å². The van der Waals surface area contributed by atoms with Gasteiger partial charge in [0.1, 0.15) is 12.4 Å². The molecular weight excluding hydrogens is 438 g/mol. The van der Waals surface area contributed by atoms with E-state index in [0.717, 1.165) is 37.9 Å². The van der Waals surface area contributed by atoms with Gasteiger partial charge >= 0.3 is 0 Å². The maximum atomic E-state index is 13.3. The van der Waals surface area contributed by atoms with E-state index in [1.807, 2.05) is 6.07 Å². The lowest BCUT2D eigenvalue weighted by Gasteiger charge is -2.32. The molecule has 2 aromatic rings. The van der Waals surface area contributed by atoms with E-state index in [0.29, 0.717) is 37.6 Å². The first-order valence-corrected chi connectivity index (χ1v) is 13.4. The fraction of sp³-hybridized carbons (Fsp3) is 0.552. The largest absolute Gasteiger partial charge is 0.491 e. The maximum absolute atomic E-state index is 13.3. The molecule has 1 N–H and O–H groups in total. The Morgan fingerprint density at radius 2 is 1.77 bits per heavy atom. The predicted octanol–water partition coefficient (Wildman–Crippen LogP) is 3.17. The lowest BCUT2D eigenvalue weighted by atomic mass is 10.00. The number of carbonyl (C=O) groups excluding carboxylic acids is 1. The molecule has 6 heteroatoms. The Balaban J connectivity index is 1.06. The van der Waals surface area contributed by atoms with Crippen LogP contribution in [0.25, 0.3) is 0 Å². The molecule has 35 heavy (non-hydrogen) atoms. The van der Waals surface area contributed by atoms with Crippen LogP contribution in [0.1, 0.15) is 46.3 Å². The Bertz CT molecular complexity index is 1060.